The maximum absolute atomic E-state index is 11.4. The highest BCUT2D eigenvalue weighted by atomic mass is 16.5. The summed E-state index contributed by atoms with van der Waals surface area (Å²) in [7, 11) is 2.09. The van der Waals surface area contributed by atoms with Crippen molar-refractivity contribution in [3.8, 4) is 5.75 Å². The Morgan fingerprint density at radius 3 is 3.20 bits per heavy atom. The van der Waals surface area contributed by atoms with Crippen molar-refractivity contribution in [3.05, 3.63) is 23.8 Å². The molecule has 2 aliphatic rings. The Hall–Kier alpha value is -1.59. The predicted octanol–water partition coefficient (Wildman–Crippen LogP) is 1.28. The molecule has 1 aromatic carbocycles. The van der Waals surface area contributed by atoms with E-state index in [1.54, 1.807) is 0 Å². The zero-order chi connectivity index (χ0) is 13.9. The molecular weight excluding hydrogens is 256 g/mol. The quantitative estimate of drug-likeness (QED) is 0.903. The Balaban J connectivity index is 1.60. The fraction of sp³-hybridized carbons (Fsp3) is 0.533. The van der Waals surface area contributed by atoms with Gasteiger partial charge in [0.2, 0.25) is 5.91 Å². The predicted molar refractivity (Wildman–Crippen MR) is 76.1 cm³/mol. The number of carbonyl (C=O) groups excluding carboxylic acids is 1. The summed E-state index contributed by atoms with van der Waals surface area (Å²) in [6, 6.07) is 5.89. The molecule has 108 valence electrons. The summed E-state index contributed by atoms with van der Waals surface area (Å²) in [5.41, 5.74) is 2.05. The lowest BCUT2D eigenvalue weighted by molar-refractivity contribution is -0.116. The molecule has 0 radical (unpaired) electrons. The van der Waals surface area contributed by atoms with E-state index < -0.39 is 0 Å². The summed E-state index contributed by atoms with van der Waals surface area (Å²) in [5, 5.41) is 2.89. The van der Waals surface area contributed by atoms with Crippen molar-refractivity contribution in [2.75, 3.05) is 38.7 Å². The van der Waals surface area contributed by atoms with Gasteiger partial charge in [0.25, 0.3) is 0 Å². The van der Waals surface area contributed by atoms with Crippen LogP contribution in [0.1, 0.15) is 12.0 Å². The zero-order valence-electron chi connectivity index (χ0n) is 11.7. The first-order valence-corrected chi connectivity index (χ1v) is 7.06. The lowest BCUT2D eigenvalue weighted by Gasteiger charge is -2.30. The molecule has 1 aromatic rings. The average molecular weight is 276 g/mol. The monoisotopic (exact) mass is 276 g/mol. The number of rotatable bonds is 3. The van der Waals surface area contributed by atoms with Crippen LogP contribution in [0, 0.1) is 0 Å². The van der Waals surface area contributed by atoms with Crippen LogP contribution in [0.3, 0.4) is 0 Å². The second-order valence-electron chi connectivity index (χ2n) is 5.43. The van der Waals surface area contributed by atoms with E-state index in [2.05, 4.69) is 17.3 Å². The Bertz CT molecular complexity index is 504. The first-order chi connectivity index (χ1) is 9.70. The Kier molecular flexibility index (Phi) is 3.89. The number of hydrogen-bond donors (Lipinski definition) is 1. The average Bonchev–Trinajstić information content (AvgIpc) is 2.45. The van der Waals surface area contributed by atoms with E-state index in [0.29, 0.717) is 13.0 Å². The number of amides is 1. The molecule has 0 aromatic heterocycles. The van der Waals surface area contributed by atoms with Gasteiger partial charge < -0.3 is 19.7 Å². The van der Waals surface area contributed by atoms with Crippen LogP contribution in [0.25, 0.3) is 0 Å². The van der Waals surface area contributed by atoms with Crippen LogP contribution >= 0.6 is 0 Å². The molecule has 0 spiro atoms. The van der Waals surface area contributed by atoms with Crippen molar-refractivity contribution in [2.45, 2.75) is 18.9 Å². The summed E-state index contributed by atoms with van der Waals surface area (Å²) in [6.45, 7) is 3.16. The molecule has 0 bridgehead atoms. The lowest BCUT2D eigenvalue weighted by atomic mass is 10.0. The zero-order valence-corrected chi connectivity index (χ0v) is 11.7. The molecule has 1 saturated heterocycles. The molecule has 1 atom stereocenters. The molecule has 5 nitrogen and oxygen atoms in total. The van der Waals surface area contributed by atoms with Gasteiger partial charge in [-0.1, -0.05) is 6.07 Å². The standard InChI is InChI=1S/C15H20N2O3/c1-17-6-7-19-13(9-17)10-20-12-4-2-11-3-5-15(18)16-14(11)8-12/h2,4,8,13H,3,5-7,9-10H2,1H3,(H,16,18). The third-order valence-corrected chi connectivity index (χ3v) is 3.75. The van der Waals surface area contributed by atoms with Gasteiger partial charge in [-0.05, 0) is 25.1 Å². The van der Waals surface area contributed by atoms with Crippen LogP contribution in [-0.4, -0.2) is 50.3 Å². The van der Waals surface area contributed by atoms with Crippen molar-refractivity contribution in [3.63, 3.8) is 0 Å². The summed E-state index contributed by atoms with van der Waals surface area (Å²) in [4.78, 5) is 13.6. The minimum Gasteiger partial charge on any atom is -0.491 e. The third-order valence-electron chi connectivity index (χ3n) is 3.75. The fourth-order valence-electron chi connectivity index (χ4n) is 2.60. The van der Waals surface area contributed by atoms with Crippen molar-refractivity contribution in [1.82, 2.24) is 4.90 Å². The number of anilines is 1. The Morgan fingerprint density at radius 2 is 2.35 bits per heavy atom. The first kappa shape index (κ1) is 13.4. The SMILES string of the molecule is CN1CCOC(COc2ccc3c(c2)NC(=O)CC3)C1. The highest BCUT2D eigenvalue weighted by Crippen LogP contribution is 2.27. The number of ether oxygens (including phenoxy) is 2. The molecule has 0 aliphatic carbocycles. The van der Waals surface area contributed by atoms with Crippen LogP contribution in [0.15, 0.2) is 18.2 Å². The van der Waals surface area contributed by atoms with E-state index in [9.17, 15) is 4.79 Å². The molecule has 5 heteroatoms. The summed E-state index contributed by atoms with van der Waals surface area (Å²) < 4.78 is 11.5. The first-order valence-electron chi connectivity index (χ1n) is 7.06. The van der Waals surface area contributed by atoms with Crippen LogP contribution < -0.4 is 10.1 Å². The van der Waals surface area contributed by atoms with E-state index in [0.717, 1.165) is 37.6 Å². The molecule has 2 heterocycles. The van der Waals surface area contributed by atoms with Crippen LogP contribution in [0.5, 0.6) is 5.75 Å². The number of nitrogens with zero attached hydrogens (tertiary/aromatic N) is 1. The van der Waals surface area contributed by atoms with Gasteiger partial charge in [0, 0.05) is 31.3 Å². The molecule has 1 N–H and O–H groups in total. The molecule has 2 aliphatic heterocycles. The molecular formula is C15H20N2O3. The lowest BCUT2D eigenvalue weighted by Crippen LogP contribution is -2.42. The number of hydrogen-bond acceptors (Lipinski definition) is 4. The third kappa shape index (κ3) is 3.11. The van der Waals surface area contributed by atoms with Crippen molar-refractivity contribution in [2.24, 2.45) is 0 Å². The molecule has 1 fully saturated rings. The van der Waals surface area contributed by atoms with Gasteiger partial charge in [-0.15, -0.1) is 0 Å². The maximum atomic E-state index is 11.4. The summed E-state index contributed by atoms with van der Waals surface area (Å²) >= 11 is 0. The van der Waals surface area contributed by atoms with Crippen molar-refractivity contribution in [1.29, 1.82) is 0 Å². The van der Waals surface area contributed by atoms with Crippen molar-refractivity contribution < 1.29 is 14.3 Å². The molecule has 0 saturated carbocycles. The van der Waals surface area contributed by atoms with Gasteiger partial charge in [-0.25, -0.2) is 0 Å². The van der Waals surface area contributed by atoms with Gasteiger partial charge in [-0.2, -0.15) is 0 Å². The van der Waals surface area contributed by atoms with E-state index in [1.165, 1.54) is 5.56 Å². The minimum absolute atomic E-state index is 0.0758. The molecule has 1 amide bonds. The number of aryl methyl sites for hydroxylation is 1. The topological polar surface area (TPSA) is 50.8 Å². The number of fused-ring (bicyclic) bond motifs is 1. The van der Waals surface area contributed by atoms with E-state index >= 15 is 0 Å². The highest BCUT2D eigenvalue weighted by Gasteiger charge is 2.19. The number of carbonyl (C=O) groups is 1. The summed E-state index contributed by atoms with van der Waals surface area (Å²) in [5.74, 6) is 0.856. The maximum Gasteiger partial charge on any atom is 0.224 e. The number of likely N-dealkylation sites (N-methyl/N-ethyl adjacent to an activating group) is 1. The Morgan fingerprint density at radius 1 is 1.45 bits per heavy atom. The smallest absolute Gasteiger partial charge is 0.224 e. The van der Waals surface area contributed by atoms with Gasteiger partial charge >= 0.3 is 0 Å². The minimum atomic E-state index is 0.0758. The van der Waals surface area contributed by atoms with Gasteiger partial charge in [-0.3, -0.25) is 4.79 Å². The van der Waals surface area contributed by atoms with Crippen molar-refractivity contribution >= 4 is 11.6 Å². The molecule has 1 unspecified atom stereocenters. The van der Waals surface area contributed by atoms with Crippen LogP contribution in [0.4, 0.5) is 5.69 Å². The van der Waals surface area contributed by atoms with E-state index in [1.807, 2.05) is 18.2 Å². The molecule has 3 rings (SSSR count). The number of morpholine rings is 1. The molecule has 20 heavy (non-hydrogen) atoms. The van der Waals surface area contributed by atoms with Gasteiger partial charge in [0.05, 0.1) is 6.61 Å². The number of benzene rings is 1. The van der Waals surface area contributed by atoms with Crippen LogP contribution in [-0.2, 0) is 16.0 Å². The largest absolute Gasteiger partial charge is 0.491 e. The van der Waals surface area contributed by atoms with Crippen LogP contribution in [0.2, 0.25) is 0 Å². The Labute approximate surface area is 118 Å². The fourth-order valence-corrected chi connectivity index (χ4v) is 2.60. The normalized spacial score (nSPS) is 23.1. The second kappa shape index (κ2) is 5.81. The van der Waals surface area contributed by atoms with Gasteiger partial charge in [0.15, 0.2) is 0 Å². The van der Waals surface area contributed by atoms with E-state index in [4.69, 9.17) is 9.47 Å². The van der Waals surface area contributed by atoms with Gasteiger partial charge in [0.1, 0.15) is 18.5 Å². The number of nitrogens with one attached hydrogen (secondary N) is 1. The van der Waals surface area contributed by atoms with E-state index in [-0.39, 0.29) is 12.0 Å². The summed E-state index contributed by atoms with van der Waals surface area (Å²) in [6.07, 6.45) is 1.48. The highest BCUT2D eigenvalue weighted by molar-refractivity contribution is 5.94. The second-order valence-corrected chi connectivity index (χ2v) is 5.43.